The second-order valence-electron chi connectivity index (χ2n) is 3.98. The first kappa shape index (κ1) is 7.96. The first-order valence-electron chi connectivity index (χ1n) is 4.86. The highest BCUT2D eigenvalue weighted by molar-refractivity contribution is 6.38. The SMILES string of the molecule is O=C1CC[C@@H]2CCCC[C@H]2C1=O. The third-order valence-electron chi connectivity index (χ3n) is 3.26. The molecule has 0 aromatic carbocycles. The van der Waals surface area contributed by atoms with E-state index in [1.165, 1.54) is 12.8 Å². The van der Waals surface area contributed by atoms with Crippen molar-refractivity contribution in [3.05, 3.63) is 0 Å². The molecule has 12 heavy (non-hydrogen) atoms. The minimum absolute atomic E-state index is 0.0639. The van der Waals surface area contributed by atoms with E-state index in [9.17, 15) is 9.59 Å². The van der Waals surface area contributed by atoms with Crippen LogP contribution in [0, 0.1) is 11.8 Å². The topological polar surface area (TPSA) is 34.1 Å². The highest BCUT2D eigenvalue weighted by Gasteiger charge is 2.37. The molecule has 0 amide bonds. The molecule has 0 radical (unpaired) electrons. The number of carbonyl (C=O) groups is 2. The highest BCUT2D eigenvalue weighted by atomic mass is 16.2. The lowest BCUT2D eigenvalue weighted by Gasteiger charge is -2.33. The average molecular weight is 166 g/mol. The molecular formula is C10H14O2. The molecule has 0 heterocycles. The largest absolute Gasteiger partial charge is 0.291 e. The monoisotopic (exact) mass is 166 g/mol. The molecular weight excluding hydrogens is 152 g/mol. The lowest BCUT2D eigenvalue weighted by atomic mass is 9.70. The standard InChI is InChI=1S/C10H14O2/c11-9-6-5-7-3-1-2-4-8(7)10(9)12/h7-8H,1-6H2/t7-,8+/m0/s1. The predicted octanol–water partition coefficient (Wildman–Crippen LogP) is 1.72. The van der Waals surface area contributed by atoms with Gasteiger partial charge >= 0.3 is 0 Å². The first-order chi connectivity index (χ1) is 5.79. The normalized spacial score (nSPS) is 36.3. The smallest absolute Gasteiger partial charge is 0.201 e. The lowest BCUT2D eigenvalue weighted by molar-refractivity contribution is -0.143. The molecule has 66 valence electrons. The zero-order valence-electron chi connectivity index (χ0n) is 7.21. The van der Waals surface area contributed by atoms with Crippen molar-refractivity contribution in [3.63, 3.8) is 0 Å². The van der Waals surface area contributed by atoms with Crippen LogP contribution in [-0.4, -0.2) is 11.6 Å². The summed E-state index contributed by atoms with van der Waals surface area (Å²) < 4.78 is 0. The maximum Gasteiger partial charge on any atom is 0.201 e. The molecule has 2 fully saturated rings. The van der Waals surface area contributed by atoms with Crippen LogP contribution in [0.25, 0.3) is 0 Å². The number of carbonyl (C=O) groups excluding carboxylic acids is 2. The van der Waals surface area contributed by atoms with E-state index in [1.807, 2.05) is 0 Å². The third kappa shape index (κ3) is 1.19. The van der Waals surface area contributed by atoms with E-state index in [0.717, 1.165) is 19.3 Å². The van der Waals surface area contributed by atoms with Crippen LogP contribution in [0.4, 0.5) is 0 Å². The minimum Gasteiger partial charge on any atom is -0.291 e. The summed E-state index contributed by atoms with van der Waals surface area (Å²) in [7, 11) is 0. The molecule has 0 saturated heterocycles. The van der Waals surface area contributed by atoms with Crippen LogP contribution in [-0.2, 0) is 9.59 Å². The van der Waals surface area contributed by atoms with Crippen molar-refractivity contribution in [2.24, 2.45) is 11.8 Å². The summed E-state index contributed by atoms with van der Waals surface area (Å²) in [6, 6.07) is 0. The van der Waals surface area contributed by atoms with Crippen LogP contribution >= 0.6 is 0 Å². The molecule has 2 aliphatic carbocycles. The second kappa shape index (κ2) is 3.00. The van der Waals surface area contributed by atoms with Gasteiger partial charge in [-0.05, 0) is 25.2 Å². The quantitative estimate of drug-likeness (QED) is 0.513. The first-order valence-corrected chi connectivity index (χ1v) is 4.86. The van der Waals surface area contributed by atoms with Crippen LogP contribution in [0.2, 0.25) is 0 Å². The predicted molar refractivity (Wildman–Crippen MR) is 44.7 cm³/mol. The van der Waals surface area contributed by atoms with E-state index in [2.05, 4.69) is 0 Å². The minimum atomic E-state index is -0.113. The molecule has 0 spiro atoms. The lowest BCUT2D eigenvalue weighted by Crippen LogP contribution is -2.37. The number of ketones is 2. The summed E-state index contributed by atoms with van der Waals surface area (Å²) in [5.74, 6) is 0.480. The molecule has 2 nitrogen and oxygen atoms in total. The van der Waals surface area contributed by atoms with Gasteiger partial charge in [-0.3, -0.25) is 9.59 Å². The zero-order valence-corrected chi connectivity index (χ0v) is 7.21. The van der Waals surface area contributed by atoms with Crippen LogP contribution in [0.1, 0.15) is 38.5 Å². The molecule has 0 N–H and O–H groups in total. The van der Waals surface area contributed by atoms with Crippen LogP contribution < -0.4 is 0 Å². The van der Waals surface area contributed by atoms with Crippen LogP contribution in [0.5, 0.6) is 0 Å². The maximum atomic E-state index is 11.4. The van der Waals surface area contributed by atoms with E-state index in [-0.39, 0.29) is 17.5 Å². The Kier molecular flexibility index (Phi) is 1.99. The molecule has 2 saturated carbocycles. The van der Waals surface area contributed by atoms with Gasteiger partial charge in [-0.1, -0.05) is 12.8 Å². The number of hydrogen-bond donors (Lipinski definition) is 0. The molecule has 2 aliphatic rings. The Morgan fingerprint density at radius 3 is 2.58 bits per heavy atom. The molecule has 0 bridgehead atoms. The van der Waals surface area contributed by atoms with E-state index in [0.29, 0.717) is 12.3 Å². The fraction of sp³-hybridized carbons (Fsp3) is 0.800. The molecule has 0 aromatic rings. The van der Waals surface area contributed by atoms with Gasteiger partial charge in [0.25, 0.3) is 0 Å². The molecule has 2 heteroatoms. The van der Waals surface area contributed by atoms with E-state index in [4.69, 9.17) is 0 Å². The van der Waals surface area contributed by atoms with E-state index in [1.54, 1.807) is 0 Å². The Bertz CT molecular complexity index is 220. The fourth-order valence-electron chi connectivity index (χ4n) is 2.54. The van der Waals surface area contributed by atoms with Crippen molar-refractivity contribution in [1.29, 1.82) is 0 Å². The summed E-state index contributed by atoms with van der Waals surface area (Å²) in [5, 5.41) is 0. The van der Waals surface area contributed by atoms with Gasteiger partial charge in [-0.25, -0.2) is 0 Å². The Balaban J connectivity index is 2.13. The number of rotatable bonds is 0. The van der Waals surface area contributed by atoms with Crippen molar-refractivity contribution in [3.8, 4) is 0 Å². The number of Topliss-reactive ketones (excluding diaryl/α,β-unsaturated/α-hetero) is 2. The van der Waals surface area contributed by atoms with Crippen molar-refractivity contribution in [1.82, 2.24) is 0 Å². The third-order valence-corrected chi connectivity index (χ3v) is 3.26. The van der Waals surface area contributed by atoms with Crippen molar-refractivity contribution in [2.45, 2.75) is 38.5 Å². The van der Waals surface area contributed by atoms with Crippen LogP contribution in [0.3, 0.4) is 0 Å². The molecule has 2 rings (SSSR count). The van der Waals surface area contributed by atoms with Crippen molar-refractivity contribution >= 4 is 11.6 Å². The van der Waals surface area contributed by atoms with Crippen LogP contribution in [0.15, 0.2) is 0 Å². The molecule has 2 atom stereocenters. The molecule has 0 aromatic heterocycles. The Morgan fingerprint density at radius 1 is 1.00 bits per heavy atom. The van der Waals surface area contributed by atoms with Gasteiger partial charge in [0.2, 0.25) is 5.78 Å². The fourth-order valence-corrected chi connectivity index (χ4v) is 2.54. The van der Waals surface area contributed by atoms with Gasteiger partial charge in [0.1, 0.15) is 0 Å². The van der Waals surface area contributed by atoms with E-state index >= 15 is 0 Å². The Hall–Kier alpha value is -0.660. The Morgan fingerprint density at radius 2 is 1.75 bits per heavy atom. The van der Waals surface area contributed by atoms with Gasteiger partial charge in [0, 0.05) is 12.3 Å². The van der Waals surface area contributed by atoms with E-state index < -0.39 is 0 Å². The van der Waals surface area contributed by atoms with Crippen molar-refractivity contribution < 1.29 is 9.59 Å². The summed E-state index contributed by atoms with van der Waals surface area (Å²) in [4.78, 5) is 22.5. The van der Waals surface area contributed by atoms with Gasteiger partial charge in [0.15, 0.2) is 5.78 Å². The van der Waals surface area contributed by atoms with Gasteiger partial charge in [0.05, 0.1) is 0 Å². The Labute approximate surface area is 72.3 Å². The molecule has 0 unspecified atom stereocenters. The zero-order chi connectivity index (χ0) is 8.55. The summed E-state index contributed by atoms with van der Waals surface area (Å²) in [6.07, 6.45) is 6.01. The van der Waals surface area contributed by atoms with Gasteiger partial charge in [-0.15, -0.1) is 0 Å². The summed E-state index contributed by atoms with van der Waals surface area (Å²) in [6.45, 7) is 0. The second-order valence-corrected chi connectivity index (χ2v) is 3.98. The van der Waals surface area contributed by atoms with Gasteiger partial charge < -0.3 is 0 Å². The van der Waals surface area contributed by atoms with Gasteiger partial charge in [-0.2, -0.15) is 0 Å². The number of fused-ring (bicyclic) bond motifs is 1. The number of hydrogen-bond acceptors (Lipinski definition) is 2. The molecule has 0 aliphatic heterocycles. The summed E-state index contributed by atoms with van der Waals surface area (Å²) >= 11 is 0. The van der Waals surface area contributed by atoms with Crippen molar-refractivity contribution in [2.75, 3.05) is 0 Å². The maximum absolute atomic E-state index is 11.4. The average Bonchev–Trinajstić information content (AvgIpc) is 2.12. The summed E-state index contributed by atoms with van der Waals surface area (Å²) in [5.41, 5.74) is 0. The highest BCUT2D eigenvalue weighted by Crippen LogP contribution is 2.37.